The number of hydrogen-bond acceptors (Lipinski definition) is 0. The summed E-state index contributed by atoms with van der Waals surface area (Å²) in [5.74, 6) is 0.371. The fourth-order valence-electron chi connectivity index (χ4n) is 1.59. The van der Waals surface area contributed by atoms with Gasteiger partial charge in [0, 0.05) is 5.92 Å². The maximum atomic E-state index is 3.75. The molecule has 1 atom stereocenters. The monoisotopic (exact) mass is 210 g/mol. The van der Waals surface area contributed by atoms with Crippen molar-refractivity contribution in [3.05, 3.63) is 85.0 Å². The van der Waals surface area contributed by atoms with Crippen LogP contribution < -0.4 is 0 Å². The van der Waals surface area contributed by atoms with Gasteiger partial charge in [-0.05, 0) is 11.1 Å². The Balaban J connectivity index is 2.96. The Morgan fingerprint density at radius 3 is 2.38 bits per heavy atom. The van der Waals surface area contributed by atoms with Crippen molar-refractivity contribution in [2.75, 3.05) is 0 Å². The maximum Gasteiger partial charge on any atom is 0.00610 e. The lowest BCUT2D eigenvalue weighted by Gasteiger charge is -2.12. The molecule has 0 heteroatoms. The molecule has 0 N–H and O–H groups in total. The molecule has 0 amide bonds. The van der Waals surface area contributed by atoms with E-state index in [0.29, 0.717) is 5.92 Å². The molecular formula is C16H18. The molecule has 0 nitrogen and oxygen atoms in total. The van der Waals surface area contributed by atoms with Gasteiger partial charge in [-0.15, -0.1) is 0 Å². The Labute approximate surface area is 98.3 Å². The average molecular weight is 210 g/mol. The Kier molecular flexibility index (Phi) is 5.07. The van der Waals surface area contributed by atoms with Crippen LogP contribution in [-0.4, -0.2) is 0 Å². The zero-order valence-corrected chi connectivity index (χ0v) is 9.77. The van der Waals surface area contributed by atoms with Gasteiger partial charge in [-0.25, -0.2) is 0 Å². The standard InChI is InChI=1S/C16H18/c1-4-6-11-15(10-5-2)14(3)16-12-8-7-9-13-16/h4-14H,1-2H2,3H3/b11-6-,15-10+. The van der Waals surface area contributed by atoms with Gasteiger partial charge in [0.05, 0.1) is 0 Å². The molecule has 0 aliphatic rings. The van der Waals surface area contributed by atoms with Crippen LogP contribution in [0.5, 0.6) is 0 Å². The predicted molar refractivity (Wildman–Crippen MR) is 72.5 cm³/mol. The van der Waals surface area contributed by atoms with E-state index < -0.39 is 0 Å². The minimum absolute atomic E-state index is 0.371. The summed E-state index contributed by atoms with van der Waals surface area (Å²) >= 11 is 0. The van der Waals surface area contributed by atoms with E-state index in [0.717, 1.165) is 0 Å². The first-order valence-electron chi connectivity index (χ1n) is 5.46. The first-order chi connectivity index (χ1) is 7.79. The zero-order chi connectivity index (χ0) is 11.8. The summed E-state index contributed by atoms with van der Waals surface area (Å²) in [5, 5.41) is 0. The molecular weight excluding hydrogens is 192 g/mol. The Morgan fingerprint density at radius 1 is 1.12 bits per heavy atom. The fraction of sp³-hybridized carbons (Fsp3) is 0.125. The van der Waals surface area contributed by atoms with E-state index in [1.807, 2.05) is 24.3 Å². The second-order valence-electron chi connectivity index (χ2n) is 3.63. The van der Waals surface area contributed by atoms with Crippen LogP contribution in [0.1, 0.15) is 18.4 Å². The van der Waals surface area contributed by atoms with E-state index in [-0.39, 0.29) is 0 Å². The van der Waals surface area contributed by atoms with Gasteiger partial charge < -0.3 is 0 Å². The van der Waals surface area contributed by atoms with Gasteiger partial charge in [-0.3, -0.25) is 0 Å². The van der Waals surface area contributed by atoms with Crippen molar-refractivity contribution in [2.24, 2.45) is 0 Å². The lowest BCUT2D eigenvalue weighted by molar-refractivity contribution is 0.922. The highest BCUT2D eigenvalue weighted by molar-refractivity contribution is 5.36. The van der Waals surface area contributed by atoms with Crippen LogP contribution >= 0.6 is 0 Å². The predicted octanol–water partition coefficient (Wildman–Crippen LogP) is 4.64. The molecule has 0 aliphatic heterocycles. The van der Waals surface area contributed by atoms with Gasteiger partial charge in [-0.2, -0.15) is 0 Å². The van der Waals surface area contributed by atoms with E-state index in [9.17, 15) is 0 Å². The van der Waals surface area contributed by atoms with Crippen LogP contribution in [0, 0.1) is 0 Å². The van der Waals surface area contributed by atoms with Crippen molar-refractivity contribution < 1.29 is 0 Å². The highest BCUT2D eigenvalue weighted by Gasteiger charge is 2.07. The minimum atomic E-state index is 0.371. The van der Waals surface area contributed by atoms with Gasteiger partial charge >= 0.3 is 0 Å². The number of benzene rings is 1. The summed E-state index contributed by atoms with van der Waals surface area (Å²) < 4.78 is 0. The topological polar surface area (TPSA) is 0 Å². The van der Waals surface area contributed by atoms with E-state index >= 15 is 0 Å². The first kappa shape index (κ1) is 12.3. The molecule has 1 aromatic carbocycles. The quantitative estimate of drug-likeness (QED) is 0.621. The minimum Gasteiger partial charge on any atom is -0.0991 e. The van der Waals surface area contributed by atoms with Crippen molar-refractivity contribution in [3.8, 4) is 0 Å². The molecule has 1 unspecified atom stereocenters. The van der Waals surface area contributed by atoms with Crippen LogP contribution in [0.2, 0.25) is 0 Å². The lowest BCUT2D eigenvalue weighted by Crippen LogP contribution is -1.95. The van der Waals surface area contributed by atoms with Gasteiger partial charge in [0.2, 0.25) is 0 Å². The second kappa shape index (κ2) is 6.62. The van der Waals surface area contributed by atoms with Crippen molar-refractivity contribution in [2.45, 2.75) is 12.8 Å². The van der Waals surface area contributed by atoms with E-state index in [1.165, 1.54) is 11.1 Å². The van der Waals surface area contributed by atoms with Crippen LogP contribution in [0.15, 0.2) is 79.4 Å². The summed E-state index contributed by atoms with van der Waals surface area (Å²) in [4.78, 5) is 0. The molecule has 0 aromatic heterocycles. The molecule has 0 spiro atoms. The normalized spacial score (nSPS) is 13.7. The molecule has 0 saturated heterocycles. The van der Waals surface area contributed by atoms with Crippen LogP contribution in [0.4, 0.5) is 0 Å². The van der Waals surface area contributed by atoms with Crippen LogP contribution in [0.3, 0.4) is 0 Å². The lowest BCUT2D eigenvalue weighted by atomic mass is 9.92. The van der Waals surface area contributed by atoms with Crippen molar-refractivity contribution in [1.29, 1.82) is 0 Å². The fourth-order valence-corrected chi connectivity index (χ4v) is 1.59. The third kappa shape index (κ3) is 3.39. The number of rotatable bonds is 5. The van der Waals surface area contributed by atoms with Gasteiger partial charge in [-0.1, -0.05) is 80.8 Å². The Hall–Kier alpha value is -1.82. The van der Waals surface area contributed by atoms with Crippen molar-refractivity contribution in [3.63, 3.8) is 0 Å². The Morgan fingerprint density at radius 2 is 1.81 bits per heavy atom. The van der Waals surface area contributed by atoms with E-state index in [1.54, 1.807) is 6.08 Å². The SMILES string of the molecule is C=C/C=C\C(=C/C=C)C(C)c1ccccc1. The third-order valence-corrected chi connectivity index (χ3v) is 2.53. The van der Waals surface area contributed by atoms with Crippen LogP contribution in [0.25, 0.3) is 0 Å². The number of allylic oxidation sites excluding steroid dienone is 6. The molecule has 0 fully saturated rings. The Bertz CT molecular complexity index is 393. The molecule has 1 rings (SSSR count). The average Bonchev–Trinajstić information content (AvgIpc) is 2.35. The molecule has 0 heterocycles. The summed E-state index contributed by atoms with van der Waals surface area (Å²) in [6.45, 7) is 9.63. The second-order valence-corrected chi connectivity index (χ2v) is 3.63. The van der Waals surface area contributed by atoms with Crippen LogP contribution in [-0.2, 0) is 0 Å². The zero-order valence-electron chi connectivity index (χ0n) is 9.77. The van der Waals surface area contributed by atoms with E-state index in [4.69, 9.17) is 0 Å². The van der Waals surface area contributed by atoms with Crippen molar-refractivity contribution in [1.82, 2.24) is 0 Å². The first-order valence-corrected chi connectivity index (χ1v) is 5.46. The molecule has 0 radical (unpaired) electrons. The molecule has 82 valence electrons. The molecule has 0 saturated carbocycles. The summed E-state index contributed by atoms with van der Waals surface area (Å²) in [6.07, 6.45) is 9.68. The molecule has 16 heavy (non-hydrogen) atoms. The van der Waals surface area contributed by atoms with Gasteiger partial charge in [0.15, 0.2) is 0 Å². The highest BCUT2D eigenvalue weighted by atomic mass is 14.1. The molecule has 0 aliphatic carbocycles. The van der Waals surface area contributed by atoms with E-state index in [2.05, 4.69) is 50.4 Å². The molecule has 0 bridgehead atoms. The number of hydrogen-bond donors (Lipinski definition) is 0. The maximum absolute atomic E-state index is 3.75. The van der Waals surface area contributed by atoms with Gasteiger partial charge in [0.25, 0.3) is 0 Å². The summed E-state index contributed by atoms with van der Waals surface area (Å²) in [6, 6.07) is 10.4. The summed E-state index contributed by atoms with van der Waals surface area (Å²) in [5.41, 5.74) is 2.55. The molecule has 1 aromatic rings. The highest BCUT2D eigenvalue weighted by Crippen LogP contribution is 2.24. The third-order valence-electron chi connectivity index (χ3n) is 2.53. The largest absolute Gasteiger partial charge is 0.0991 e. The van der Waals surface area contributed by atoms with Gasteiger partial charge in [0.1, 0.15) is 0 Å². The van der Waals surface area contributed by atoms with Crippen molar-refractivity contribution >= 4 is 0 Å². The smallest absolute Gasteiger partial charge is 0.00610 e. The summed E-state index contributed by atoms with van der Waals surface area (Å²) in [7, 11) is 0.